The average molecular weight is 453 g/mol. The van der Waals surface area contributed by atoms with Crippen LogP contribution in [0.3, 0.4) is 0 Å². The predicted octanol–water partition coefficient (Wildman–Crippen LogP) is 8.93. The Morgan fingerprint density at radius 1 is 0.594 bits per heavy atom. The van der Waals surface area contributed by atoms with E-state index in [1.807, 2.05) is 6.08 Å². The molecule has 1 unspecified atom stereocenters. The van der Waals surface area contributed by atoms with Gasteiger partial charge in [-0.3, -0.25) is 9.59 Å². The lowest BCUT2D eigenvalue weighted by atomic mass is 10.0. The summed E-state index contributed by atoms with van der Waals surface area (Å²) in [5, 5.41) is 17.7. The lowest BCUT2D eigenvalue weighted by Gasteiger charge is -2.04. The Kier molecular flexibility index (Phi) is 23.3. The van der Waals surface area contributed by atoms with Gasteiger partial charge in [0, 0.05) is 0 Å². The van der Waals surface area contributed by atoms with E-state index in [0.717, 1.165) is 12.8 Å². The van der Waals surface area contributed by atoms with Crippen molar-refractivity contribution in [3.05, 3.63) is 12.2 Å². The van der Waals surface area contributed by atoms with E-state index in [9.17, 15) is 9.59 Å². The van der Waals surface area contributed by atoms with Crippen molar-refractivity contribution in [1.82, 2.24) is 0 Å². The van der Waals surface area contributed by atoms with Gasteiger partial charge in [-0.25, -0.2) is 0 Å². The van der Waals surface area contributed by atoms with Crippen molar-refractivity contribution in [2.45, 2.75) is 148 Å². The summed E-state index contributed by atoms with van der Waals surface area (Å²) >= 11 is 0. The van der Waals surface area contributed by atoms with Gasteiger partial charge in [0.1, 0.15) is 0 Å². The maximum atomic E-state index is 11.0. The number of aliphatic carboxylic acids is 2. The summed E-state index contributed by atoms with van der Waals surface area (Å²) < 4.78 is 0. The second-order valence-corrected chi connectivity index (χ2v) is 9.48. The third-order valence-electron chi connectivity index (χ3n) is 6.30. The third kappa shape index (κ3) is 23.3. The van der Waals surface area contributed by atoms with Gasteiger partial charge in [0.15, 0.2) is 0 Å². The Balaban J connectivity index is 3.26. The van der Waals surface area contributed by atoms with Crippen molar-refractivity contribution < 1.29 is 19.8 Å². The van der Waals surface area contributed by atoms with Gasteiger partial charge in [0.05, 0.1) is 12.3 Å². The summed E-state index contributed by atoms with van der Waals surface area (Å²) in [5.74, 6) is -3.04. The molecule has 0 fully saturated rings. The van der Waals surface area contributed by atoms with E-state index in [1.54, 1.807) is 0 Å². The second kappa shape index (κ2) is 24.3. The molecule has 32 heavy (non-hydrogen) atoms. The number of allylic oxidation sites excluding steroid dienone is 1. The lowest BCUT2D eigenvalue weighted by molar-refractivity contribution is -0.146. The molecule has 0 saturated carbocycles. The number of hydrogen-bond acceptors (Lipinski definition) is 2. The molecule has 0 aromatic carbocycles. The maximum absolute atomic E-state index is 11.0. The van der Waals surface area contributed by atoms with E-state index in [0.29, 0.717) is 0 Å². The van der Waals surface area contributed by atoms with Gasteiger partial charge in [-0.2, -0.15) is 0 Å². The number of unbranched alkanes of at least 4 members (excludes halogenated alkanes) is 20. The van der Waals surface area contributed by atoms with Crippen molar-refractivity contribution in [2.75, 3.05) is 0 Å². The van der Waals surface area contributed by atoms with Crippen molar-refractivity contribution >= 4 is 11.9 Å². The van der Waals surface area contributed by atoms with Crippen molar-refractivity contribution in [3.63, 3.8) is 0 Å². The molecule has 0 aromatic heterocycles. The van der Waals surface area contributed by atoms with Crippen molar-refractivity contribution in [1.29, 1.82) is 0 Å². The minimum atomic E-state index is -1.07. The highest BCUT2D eigenvalue weighted by atomic mass is 16.4. The van der Waals surface area contributed by atoms with Crippen LogP contribution in [0.1, 0.15) is 148 Å². The van der Waals surface area contributed by atoms with Crippen LogP contribution in [0.2, 0.25) is 0 Å². The highest BCUT2D eigenvalue weighted by Gasteiger charge is 2.17. The van der Waals surface area contributed by atoms with Crippen LogP contribution in [0, 0.1) is 5.92 Å². The molecular weight excluding hydrogens is 400 g/mol. The van der Waals surface area contributed by atoms with Gasteiger partial charge in [-0.05, 0) is 12.8 Å². The molecule has 0 amide bonds. The topological polar surface area (TPSA) is 74.6 Å². The number of rotatable bonds is 25. The SMILES string of the molecule is CCCCCCCCCCCCCCCCCCCCCCC=CC(CC(=O)O)C(=O)O. The van der Waals surface area contributed by atoms with Gasteiger partial charge in [-0.1, -0.05) is 141 Å². The molecule has 4 nitrogen and oxygen atoms in total. The van der Waals surface area contributed by atoms with Gasteiger partial charge in [0.25, 0.3) is 0 Å². The second-order valence-electron chi connectivity index (χ2n) is 9.48. The van der Waals surface area contributed by atoms with Gasteiger partial charge < -0.3 is 10.2 Å². The minimum absolute atomic E-state index is 0.342. The maximum Gasteiger partial charge on any atom is 0.310 e. The van der Waals surface area contributed by atoms with Gasteiger partial charge >= 0.3 is 11.9 Å². The Labute approximate surface area is 198 Å². The van der Waals surface area contributed by atoms with Crippen LogP contribution in [0.15, 0.2) is 12.2 Å². The molecule has 4 heteroatoms. The zero-order valence-corrected chi connectivity index (χ0v) is 21.0. The first-order valence-corrected chi connectivity index (χ1v) is 13.7. The third-order valence-corrected chi connectivity index (χ3v) is 6.30. The summed E-state index contributed by atoms with van der Waals surface area (Å²) in [4.78, 5) is 21.6. The minimum Gasteiger partial charge on any atom is -0.481 e. The first-order valence-electron chi connectivity index (χ1n) is 13.7. The molecule has 0 aliphatic carbocycles. The lowest BCUT2D eigenvalue weighted by Crippen LogP contribution is -2.15. The average Bonchev–Trinajstić information content (AvgIpc) is 2.76. The normalized spacial score (nSPS) is 12.4. The zero-order chi connectivity index (χ0) is 23.7. The fraction of sp³-hybridized carbons (Fsp3) is 0.857. The first-order chi connectivity index (χ1) is 15.6. The van der Waals surface area contributed by atoms with E-state index >= 15 is 0 Å². The van der Waals surface area contributed by atoms with Crippen LogP contribution in [-0.2, 0) is 9.59 Å². The van der Waals surface area contributed by atoms with Crippen LogP contribution in [0.4, 0.5) is 0 Å². The van der Waals surface area contributed by atoms with Crippen molar-refractivity contribution in [2.24, 2.45) is 5.92 Å². The van der Waals surface area contributed by atoms with Crippen LogP contribution < -0.4 is 0 Å². The Morgan fingerprint density at radius 2 is 0.938 bits per heavy atom. The fourth-order valence-electron chi connectivity index (χ4n) is 4.20. The van der Waals surface area contributed by atoms with E-state index < -0.39 is 17.9 Å². The molecule has 0 bridgehead atoms. The molecule has 0 saturated heterocycles. The molecule has 0 aromatic rings. The number of carboxylic acids is 2. The molecule has 188 valence electrons. The van der Waals surface area contributed by atoms with Crippen LogP contribution in [0.25, 0.3) is 0 Å². The monoisotopic (exact) mass is 452 g/mol. The summed E-state index contributed by atoms with van der Waals surface area (Å²) in [7, 11) is 0. The molecular formula is C28H52O4. The molecule has 0 spiro atoms. The van der Waals surface area contributed by atoms with Crippen molar-refractivity contribution in [3.8, 4) is 0 Å². The molecule has 0 aliphatic rings. The smallest absolute Gasteiger partial charge is 0.310 e. The molecule has 0 heterocycles. The molecule has 1 atom stereocenters. The predicted molar refractivity (Wildman–Crippen MR) is 135 cm³/mol. The number of carboxylic acid groups (broad SMARTS) is 2. The summed E-state index contributed by atoms with van der Waals surface area (Å²) in [6.45, 7) is 2.28. The zero-order valence-electron chi connectivity index (χ0n) is 21.0. The highest BCUT2D eigenvalue weighted by Crippen LogP contribution is 2.15. The Bertz CT molecular complexity index is 458. The van der Waals surface area contributed by atoms with Crippen LogP contribution in [0.5, 0.6) is 0 Å². The Morgan fingerprint density at radius 3 is 1.25 bits per heavy atom. The van der Waals surface area contributed by atoms with Gasteiger partial charge in [0.2, 0.25) is 0 Å². The van der Waals surface area contributed by atoms with Crippen LogP contribution >= 0.6 is 0 Å². The molecule has 0 rings (SSSR count). The molecule has 0 aliphatic heterocycles. The molecule has 2 N–H and O–H groups in total. The number of carbonyl (C=O) groups is 2. The largest absolute Gasteiger partial charge is 0.481 e. The first kappa shape index (κ1) is 30.7. The fourth-order valence-corrected chi connectivity index (χ4v) is 4.20. The standard InChI is InChI=1S/C28H52O4/c1-2-3-4-5-6-7-8-9-10-11-12-13-14-15-16-17-18-19-20-21-22-23-24-26(28(31)32)25-27(29)30/h23-24,26H,2-22,25H2,1H3,(H,29,30)(H,31,32). The summed E-state index contributed by atoms with van der Waals surface area (Å²) in [6, 6.07) is 0. The Hall–Kier alpha value is -1.32. The van der Waals surface area contributed by atoms with E-state index in [-0.39, 0.29) is 6.42 Å². The van der Waals surface area contributed by atoms with E-state index in [4.69, 9.17) is 10.2 Å². The van der Waals surface area contributed by atoms with E-state index in [2.05, 4.69) is 6.92 Å². The van der Waals surface area contributed by atoms with Gasteiger partial charge in [-0.15, -0.1) is 0 Å². The summed E-state index contributed by atoms with van der Waals surface area (Å²) in [6.07, 6.45) is 31.1. The highest BCUT2D eigenvalue weighted by molar-refractivity contribution is 5.79. The molecule has 0 radical (unpaired) electrons. The van der Waals surface area contributed by atoms with E-state index in [1.165, 1.54) is 128 Å². The number of hydrogen-bond donors (Lipinski definition) is 2. The summed E-state index contributed by atoms with van der Waals surface area (Å²) in [5.41, 5.74) is 0. The van der Waals surface area contributed by atoms with Crippen LogP contribution in [-0.4, -0.2) is 22.2 Å². The quantitative estimate of drug-likeness (QED) is 0.107.